The molecule has 0 aliphatic rings. The first-order valence-electron chi connectivity index (χ1n) is 7.37. The van der Waals surface area contributed by atoms with E-state index < -0.39 is 11.6 Å². The van der Waals surface area contributed by atoms with E-state index in [-0.39, 0.29) is 18.0 Å². The number of hydrogen-bond acceptors (Lipinski definition) is 2. The summed E-state index contributed by atoms with van der Waals surface area (Å²) in [4.78, 5) is 12.4. The average Bonchev–Trinajstić information content (AvgIpc) is 3.04. The molecule has 0 aliphatic heterocycles. The summed E-state index contributed by atoms with van der Waals surface area (Å²) in [6.45, 7) is 1.94. The second-order valence-electron chi connectivity index (χ2n) is 5.44. The molecule has 0 atom stereocenters. The van der Waals surface area contributed by atoms with Gasteiger partial charge in [0.2, 0.25) is 0 Å². The molecule has 1 heterocycles. The van der Waals surface area contributed by atoms with Gasteiger partial charge < -0.3 is 5.32 Å². The lowest BCUT2D eigenvalue weighted by atomic mass is 10.1. The number of aryl methyl sites for hydroxylation is 1. The summed E-state index contributed by atoms with van der Waals surface area (Å²) >= 11 is 0. The fourth-order valence-corrected chi connectivity index (χ4v) is 2.33. The smallest absolute Gasteiger partial charge is 0.255 e. The zero-order chi connectivity index (χ0) is 17.1. The summed E-state index contributed by atoms with van der Waals surface area (Å²) in [7, 11) is 0. The van der Waals surface area contributed by atoms with Crippen LogP contribution in [0.1, 0.15) is 21.5 Å². The van der Waals surface area contributed by atoms with E-state index >= 15 is 0 Å². The van der Waals surface area contributed by atoms with Gasteiger partial charge in [-0.3, -0.25) is 9.89 Å². The van der Waals surface area contributed by atoms with Gasteiger partial charge in [-0.25, -0.2) is 8.78 Å². The van der Waals surface area contributed by atoms with Crippen LogP contribution in [-0.2, 0) is 6.54 Å². The van der Waals surface area contributed by atoms with Crippen LogP contribution in [-0.4, -0.2) is 16.1 Å². The Balaban J connectivity index is 1.76. The molecule has 0 fully saturated rings. The Morgan fingerprint density at radius 1 is 1.17 bits per heavy atom. The number of aromatic nitrogens is 2. The maximum Gasteiger partial charge on any atom is 0.255 e. The summed E-state index contributed by atoms with van der Waals surface area (Å²) in [6.07, 6.45) is 1.42. The van der Waals surface area contributed by atoms with Gasteiger partial charge >= 0.3 is 0 Å². The van der Waals surface area contributed by atoms with Gasteiger partial charge in [-0.1, -0.05) is 35.9 Å². The summed E-state index contributed by atoms with van der Waals surface area (Å²) in [5.41, 5.74) is 3.10. The molecule has 1 amide bonds. The molecular weight excluding hydrogens is 312 g/mol. The van der Waals surface area contributed by atoms with Gasteiger partial charge in [0, 0.05) is 23.7 Å². The maximum atomic E-state index is 13.6. The van der Waals surface area contributed by atoms with Crippen LogP contribution in [0.3, 0.4) is 0 Å². The molecule has 0 unspecified atom stereocenters. The number of carbonyl (C=O) groups is 1. The Hall–Kier alpha value is -3.02. The van der Waals surface area contributed by atoms with Crippen LogP contribution < -0.4 is 5.32 Å². The molecule has 1 aromatic heterocycles. The first-order chi connectivity index (χ1) is 11.5. The molecule has 2 N–H and O–H groups in total. The van der Waals surface area contributed by atoms with Crippen LogP contribution in [0.4, 0.5) is 8.78 Å². The maximum absolute atomic E-state index is 13.6. The SMILES string of the molecule is Cc1ccc(-c2[nH]ncc2C(=O)NCc2ccc(F)cc2F)cc1. The van der Waals surface area contributed by atoms with Crippen molar-refractivity contribution in [2.45, 2.75) is 13.5 Å². The van der Waals surface area contributed by atoms with Gasteiger partial charge in [-0.2, -0.15) is 5.10 Å². The highest BCUT2D eigenvalue weighted by molar-refractivity contribution is 5.99. The Kier molecular flexibility index (Phi) is 4.37. The fraction of sp³-hybridized carbons (Fsp3) is 0.111. The Morgan fingerprint density at radius 2 is 1.92 bits per heavy atom. The normalized spacial score (nSPS) is 10.6. The third kappa shape index (κ3) is 3.32. The minimum absolute atomic E-state index is 0.0382. The van der Waals surface area contributed by atoms with Crippen molar-refractivity contribution in [3.05, 3.63) is 77.0 Å². The number of carbonyl (C=O) groups excluding carboxylic acids is 1. The van der Waals surface area contributed by atoms with Crippen molar-refractivity contribution >= 4 is 5.91 Å². The number of benzene rings is 2. The molecule has 4 nitrogen and oxygen atoms in total. The van der Waals surface area contributed by atoms with Crippen LogP contribution >= 0.6 is 0 Å². The Labute approximate surface area is 137 Å². The predicted molar refractivity (Wildman–Crippen MR) is 86.3 cm³/mol. The average molecular weight is 327 g/mol. The van der Waals surface area contributed by atoms with Crippen molar-refractivity contribution in [3.63, 3.8) is 0 Å². The van der Waals surface area contributed by atoms with Gasteiger partial charge in [-0.15, -0.1) is 0 Å². The molecule has 2 aromatic carbocycles. The lowest BCUT2D eigenvalue weighted by Gasteiger charge is -2.07. The molecule has 0 aliphatic carbocycles. The van der Waals surface area contributed by atoms with Gasteiger partial charge in [0.05, 0.1) is 17.5 Å². The standard InChI is InChI=1S/C18H15F2N3O/c1-11-2-4-12(5-3-11)17-15(10-22-23-17)18(24)21-9-13-6-7-14(19)8-16(13)20/h2-8,10H,9H2,1H3,(H,21,24)(H,22,23). The number of rotatable bonds is 4. The fourth-order valence-electron chi connectivity index (χ4n) is 2.33. The minimum atomic E-state index is -0.693. The minimum Gasteiger partial charge on any atom is -0.348 e. The zero-order valence-electron chi connectivity index (χ0n) is 12.9. The van der Waals surface area contributed by atoms with Gasteiger partial charge in [0.15, 0.2) is 0 Å². The first kappa shape index (κ1) is 15.9. The number of aromatic amines is 1. The Bertz CT molecular complexity index is 872. The zero-order valence-corrected chi connectivity index (χ0v) is 12.9. The molecule has 3 aromatic rings. The molecule has 0 radical (unpaired) electrons. The summed E-state index contributed by atoms with van der Waals surface area (Å²) < 4.78 is 26.5. The van der Waals surface area contributed by atoms with Crippen molar-refractivity contribution in [1.29, 1.82) is 0 Å². The topological polar surface area (TPSA) is 57.8 Å². The van der Waals surface area contributed by atoms with Crippen LogP contribution in [0, 0.1) is 18.6 Å². The molecule has 0 saturated heterocycles. The lowest BCUT2D eigenvalue weighted by molar-refractivity contribution is 0.0951. The highest BCUT2D eigenvalue weighted by Crippen LogP contribution is 2.21. The van der Waals surface area contributed by atoms with Crippen LogP contribution in [0.25, 0.3) is 11.3 Å². The van der Waals surface area contributed by atoms with Crippen LogP contribution in [0.5, 0.6) is 0 Å². The Morgan fingerprint density at radius 3 is 2.62 bits per heavy atom. The molecule has 122 valence electrons. The lowest BCUT2D eigenvalue weighted by Crippen LogP contribution is -2.23. The van der Waals surface area contributed by atoms with Gasteiger partial charge in [-0.05, 0) is 13.0 Å². The van der Waals surface area contributed by atoms with Crippen molar-refractivity contribution in [3.8, 4) is 11.3 Å². The molecule has 3 rings (SSSR count). The number of nitrogens with one attached hydrogen (secondary N) is 2. The van der Waals surface area contributed by atoms with Crippen LogP contribution in [0.15, 0.2) is 48.7 Å². The van der Waals surface area contributed by atoms with E-state index in [2.05, 4.69) is 15.5 Å². The number of halogens is 2. The molecular formula is C18H15F2N3O. The molecule has 0 saturated carbocycles. The van der Waals surface area contributed by atoms with Gasteiger partial charge in [0.25, 0.3) is 5.91 Å². The number of hydrogen-bond donors (Lipinski definition) is 2. The first-order valence-corrected chi connectivity index (χ1v) is 7.37. The van der Waals surface area contributed by atoms with E-state index in [1.807, 2.05) is 31.2 Å². The highest BCUT2D eigenvalue weighted by atomic mass is 19.1. The second kappa shape index (κ2) is 6.62. The third-order valence-corrected chi connectivity index (χ3v) is 3.68. The molecule has 6 heteroatoms. The van der Waals surface area contributed by atoms with Crippen molar-refractivity contribution in [2.24, 2.45) is 0 Å². The quantitative estimate of drug-likeness (QED) is 0.769. The van der Waals surface area contributed by atoms with E-state index in [4.69, 9.17) is 0 Å². The van der Waals surface area contributed by atoms with E-state index in [0.717, 1.165) is 23.3 Å². The third-order valence-electron chi connectivity index (χ3n) is 3.68. The van der Waals surface area contributed by atoms with E-state index in [9.17, 15) is 13.6 Å². The molecule has 24 heavy (non-hydrogen) atoms. The van der Waals surface area contributed by atoms with E-state index in [1.165, 1.54) is 12.3 Å². The van der Waals surface area contributed by atoms with Crippen LogP contribution in [0.2, 0.25) is 0 Å². The highest BCUT2D eigenvalue weighted by Gasteiger charge is 2.15. The van der Waals surface area contributed by atoms with Crippen molar-refractivity contribution in [2.75, 3.05) is 0 Å². The van der Waals surface area contributed by atoms with Crippen molar-refractivity contribution in [1.82, 2.24) is 15.5 Å². The monoisotopic (exact) mass is 327 g/mol. The molecule has 0 spiro atoms. The summed E-state index contributed by atoms with van der Waals surface area (Å²) in [5, 5.41) is 9.34. The number of H-pyrrole nitrogens is 1. The van der Waals surface area contributed by atoms with Gasteiger partial charge in [0.1, 0.15) is 11.6 Å². The van der Waals surface area contributed by atoms with E-state index in [0.29, 0.717) is 11.3 Å². The summed E-state index contributed by atoms with van der Waals surface area (Å²) in [5.74, 6) is -1.73. The number of nitrogens with zero attached hydrogens (tertiary/aromatic N) is 1. The summed E-state index contributed by atoms with van der Waals surface area (Å²) in [6, 6.07) is 10.9. The number of amides is 1. The van der Waals surface area contributed by atoms with Crippen molar-refractivity contribution < 1.29 is 13.6 Å². The molecule has 0 bridgehead atoms. The largest absolute Gasteiger partial charge is 0.348 e. The van der Waals surface area contributed by atoms with E-state index in [1.54, 1.807) is 0 Å². The predicted octanol–water partition coefficient (Wildman–Crippen LogP) is 3.59. The second-order valence-corrected chi connectivity index (χ2v) is 5.44.